The summed E-state index contributed by atoms with van der Waals surface area (Å²) in [6.45, 7) is 4.00. The van der Waals surface area contributed by atoms with Gasteiger partial charge in [-0.25, -0.2) is 0 Å². The fraction of sp³-hybridized carbons (Fsp3) is 0.381. The third-order valence-electron chi connectivity index (χ3n) is 5.03. The van der Waals surface area contributed by atoms with E-state index in [-0.39, 0.29) is 5.91 Å². The Kier molecular flexibility index (Phi) is 4.80. The summed E-state index contributed by atoms with van der Waals surface area (Å²) in [7, 11) is 1.84. The monoisotopic (exact) mass is 352 g/mol. The molecule has 0 N–H and O–H groups in total. The van der Waals surface area contributed by atoms with Crippen molar-refractivity contribution in [1.29, 1.82) is 0 Å². The molecule has 1 unspecified atom stereocenters. The maximum absolute atomic E-state index is 12.7. The van der Waals surface area contributed by atoms with Gasteiger partial charge in [0.05, 0.1) is 13.2 Å². The van der Waals surface area contributed by atoms with Gasteiger partial charge < -0.3 is 19.3 Å². The summed E-state index contributed by atoms with van der Waals surface area (Å²) >= 11 is 0. The Balaban J connectivity index is 1.35. The van der Waals surface area contributed by atoms with E-state index in [9.17, 15) is 4.79 Å². The molecule has 2 aromatic carbocycles. The Morgan fingerprint density at radius 1 is 1.12 bits per heavy atom. The lowest BCUT2D eigenvalue weighted by Crippen LogP contribution is -2.38. The van der Waals surface area contributed by atoms with Crippen LogP contribution in [0.4, 0.5) is 5.69 Å². The van der Waals surface area contributed by atoms with Crippen LogP contribution in [0.1, 0.15) is 11.1 Å². The molecule has 1 fully saturated rings. The van der Waals surface area contributed by atoms with Gasteiger partial charge in [-0.1, -0.05) is 30.3 Å². The summed E-state index contributed by atoms with van der Waals surface area (Å²) in [5.74, 6) is 0.854. The van der Waals surface area contributed by atoms with Crippen molar-refractivity contribution in [3.8, 4) is 5.75 Å². The summed E-state index contributed by atoms with van der Waals surface area (Å²) in [5, 5.41) is 0. The van der Waals surface area contributed by atoms with Crippen molar-refractivity contribution < 1.29 is 14.3 Å². The first-order valence-corrected chi connectivity index (χ1v) is 9.12. The molecule has 2 aliphatic heterocycles. The summed E-state index contributed by atoms with van der Waals surface area (Å²) in [6, 6.07) is 16.3. The number of nitrogens with zero attached hydrogens (tertiary/aromatic N) is 2. The van der Waals surface area contributed by atoms with Crippen molar-refractivity contribution in [1.82, 2.24) is 4.90 Å². The Labute approximate surface area is 154 Å². The minimum Gasteiger partial charge on any atom is -0.480 e. The number of fused-ring (bicyclic) bond motifs is 1. The second kappa shape index (κ2) is 7.38. The number of benzene rings is 2. The maximum Gasteiger partial charge on any atom is 0.264 e. The van der Waals surface area contributed by atoms with E-state index in [4.69, 9.17) is 9.47 Å². The van der Waals surface area contributed by atoms with E-state index in [1.807, 2.05) is 31.3 Å². The summed E-state index contributed by atoms with van der Waals surface area (Å²) in [4.78, 5) is 16.8. The van der Waals surface area contributed by atoms with Crippen LogP contribution in [-0.2, 0) is 22.5 Å². The smallest absolute Gasteiger partial charge is 0.264 e. The lowest BCUT2D eigenvalue weighted by atomic mass is 10.1. The number of para-hydroxylation sites is 1. The molecule has 2 heterocycles. The second-order valence-corrected chi connectivity index (χ2v) is 6.88. The molecule has 4 rings (SSSR count). The minimum atomic E-state index is -0.412. The zero-order valence-corrected chi connectivity index (χ0v) is 15.1. The molecule has 1 amide bonds. The SMILES string of the molecule is CN(Cc1ccc(N2CCOCC2)cc1)C(=O)C1Cc2ccccc2O1. The van der Waals surface area contributed by atoms with Crippen molar-refractivity contribution in [2.45, 2.75) is 19.1 Å². The lowest BCUT2D eigenvalue weighted by Gasteiger charge is -2.29. The molecule has 2 aliphatic rings. The van der Waals surface area contributed by atoms with Gasteiger partial charge >= 0.3 is 0 Å². The highest BCUT2D eigenvalue weighted by Crippen LogP contribution is 2.29. The highest BCUT2D eigenvalue weighted by atomic mass is 16.5. The van der Waals surface area contributed by atoms with Crippen LogP contribution in [0, 0.1) is 0 Å². The Bertz CT molecular complexity index is 744. The molecule has 0 saturated carbocycles. The molecular weight excluding hydrogens is 328 g/mol. The van der Waals surface area contributed by atoms with Gasteiger partial charge in [-0.2, -0.15) is 0 Å². The molecule has 0 aromatic heterocycles. The van der Waals surface area contributed by atoms with E-state index in [1.54, 1.807) is 4.90 Å². The van der Waals surface area contributed by atoms with Crippen LogP contribution in [0.3, 0.4) is 0 Å². The van der Waals surface area contributed by atoms with Crippen molar-refractivity contribution in [2.24, 2.45) is 0 Å². The topological polar surface area (TPSA) is 42.0 Å². The number of hydrogen-bond acceptors (Lipinski definition) is 4. The van der Waals surface area contributed by atoms with Crippen LogP contribution in [0.15, 0.2) is 48.5 Å². The number of amides is 1. The largest absolute Gasteiger partial charge is 0.480 e. The van der Waals surface area contributed by atoms with Crippen LogP contribution in [0.25, 0.3) is 0 Å². The first-order valence-electron chi connectivity index (χ1n) is 9.12. The second-order valence-electron chi connectivity index (χ2n) is 6.88. The van der Waals surface area contributed by atoms with Crippen molar-refractivity contribution in [3.63, 3.8) is 0 Å². The van der Waals surface area contributed by atoms with E-state index in [1.165, 1.54) is 5.69 Å². The van der Waals surface area contributed by atoms with E-state index >= 15 is 0 Å². The van der Waals surface area contributed by atoms with Crippen molar-refractivity contribution >= 4 is 11.6 Å². The number of hydrogen-bond donors (Lipinski definition) is 0. The average Bonchev–Trinajstić information content (AvgIpc) is 3.13. The quantitative estimate of drug-likeness (QED) is 0.848. The zero-order valence-electron chi connectivity index (χ0n) is 15.1. The molecule has 5 nitrogen and oxygen atoms in total. The molecular formula is C21H24N2O3. The number of ether oxygens (including phenoxy) is 2. The van der Waals surface area contributed by atoms with Crippen LogP contribution >= 0.6 is 0 Å². The van der Waals surface area contributed by atoms with Crippen LogP contribution < -0.4 is 9.64 Å². The average molecular weight is 352 g/mol. The first kappa shape index (κ1) is 16.9. The molecule has 0 bridgehead atoms. The van der Waals surface area contributed by atoms with Crippen molar-refractivity contribution in [3.05, 3.63) is 59.7 Å². The Hall–Kier alpha value is -2.53. The third-order valence-corrected chi connectivity index (χ3v) is 5.03. The predicted molar refractivity (Wildman–Crippen MR) is 101 cm³/mol. The number of carbonyl (C=O) groups excluding carboxylic acids is 1. The molecule has 136 valence electrons. The van der Waals surface area contributed by atoms with E-state index in [0.717, 1.165) is 43.2 Å². The van der Waals surface area contributed by atoms with E-state index in [2.05, 4.69) is 29.2 Å². The molecule has 1 saturated heterocycles. The maximum atomic E-state index is 12.7. The molecule has 0 aliphatic carbocycles. The normalized spacial score (nSPS) is 19.0. The van der Waals surface area contributed by atoms with Crippen LogP contribution in [0.2, 0.25) is 0 Å². The van der Waals surface area contributed by atoms with Gasteiger partial charge in [0.1, 0.15) is 5.75 Å². The molecule has 0 spiro atoms. The first-order chi connectivity index (χ1) is 12.7. The van der Waals surface area contributed by atoms with Gasteiger partial charge in [-0.05, 0) is 29.3 Å². The van der Waals surface area contributed by atoms with E-state index < -0.39 is 6.10 Å². The highest BCUT2D eigenvalue weighted by Gasteiger charge is 2.30. The van der Waals surface area contributed by atoms with Crippen LogP contribution in [0.5, 0.6) is 5.75 Å². The third kappa shape index (κ3) is 3.53. The molecule has 1 atom stereocenters. The Morgan fingerprint density at radius 3 is 2.58 bits per heavy atom. The van der Waals surface area contributed by atoms with Crippen molar-refractivity contribution in [2.75, 3.05) is 38.3 Å². The number of likely N-dealkylation sites (N-methyl/N-ethyl adjacent to an activating group) is 1. The number of rotatable bonds is 4. The summed E-state index contributed by atoms with van der Waals surface area (Å²) in [5.41, 5.74) is 3.43. The zero-order chi connectivity index (χ0) is 17.9. The minimum absolute atomic E-state index is 0.0263. The number of anilines is 1. The number of carbonyl (C=O) groups is 1. The molecule has 26 heavy (non-hydrogen) atoms. The molecule has 0 radical (unpaired) electrons. The summed E-state index contributed by atoms with van der Waals surface area (Å²) in [6.07, 6.45) is 0.236. The fourth-order valence-corrected chi connectivity index (χ4v) is 3.55. The predicted octanol–water partition coefficient (Wildman–Crippen LogP) is 2.49. The Morgan fingerprint density at radius 2 is 1.85 bits per heavy atom. The number of morpholine rings is 1. The van der Waals surface area contributed by atoms with Gasteiger partial charge in [-0.15, -0.1) is 0 Å². The van der Waals surface area contributed by atoms with Gasteiger partial charge in [0, 0.05) is 38.8 Å². The molecule has 2 aromatic rings. The lowest BCUT2D eigenvalue weighted by molar-refractivity contribution is -0.137. The summed E-state index contributed by atoms with van der Waals surface area (Å²) < 4.78 is 11.2. The van der Waals surface area contributed by atoms with Gasteiger partial charge in [0.25, 0.3) is 5.91 Å². The molecule has 5 heteroatoms. The highest BCUT2D eigenvalue weighted by molar-refractivity contribution is 5.82. The van der Waals surface area contributed by atoms with E-state index in [0.29, 0.717) is 13.0 Å². The fourth-order valence-electron chi connectivity index (χ4n) is 3.55. The van der Waals surface area contributed by atoms with Gasteiger partial charge in [0.15, 0.2) is 6.10 Å². The van der Waals surface area contributed by atoms with Gasteiger partial charge in [0.2, 0.25) is 0 Å². The standard InChI is InChI=1S/C21H24N2O3/c1-22(21(24)20-14-17-4-2-3-5-19(17)26-20)15-16-6-8-18(9-7-16)23-10-12-25-13-11-23/h2-9,20H,10-15H2,1H3. The van der Waals surface area contributed by atoms with Crippen LogP contribution in [-0.4, -0.2) is 50.3 Å². The van der Waals surface area contributed by atoms with Gasteiger partial charge in [-0.3, -0.25) is 4.79 Å².